The lowest BCUT2D eigenvalue weighted by molar-refractivity contribution is -0.138. The average Bonchev–Trinajstić information content (AvgIpc) is 2.15. The predicted molar refractivity (Wildman–Crippen MR) is 45.0 cm³/mol. The SMILES string of the molecule is [2H]C(NC(N)N)C([2H])([2H])C([2H])([2H])[13C]([2H])(N)C(=O)O. The summed E-state index contributed by atoms with van der Waals surface area (Å²) in [7, 11) is 0. The molecule has 2 atom stereocenters. The molecule has 0 heterocycles. The van der Waals surface area contributed by atoms with E-state index in [9.17, 15) is 4.79 Å². The number of hydrogen-bond acceptors (Lipinski definition) is 5. The van der Waals surface area contributed by atoms with Crippen molar-refractivity contribution < 1.29 is 18.1 Å². The molecule has 8 N–H and O–H groups in total. The summed E-state index contributed by atoms with van der Waals surface area (Å²) in [5.74, 6) is -2.05. The summed E-state index contributed by atoms with van der Waals surface area (Å²) in [5.41, 5.74) is 15.1. The summed E-state index contributed by atoms with van der Waals surface area (Å²) < 4.78 is 44.2. The first-order chi connectivity index (χ1) is 7.78. The maximum Gasteiger partial charge on any atom is 0.320 e. The van der Waals surface area contributed by atoms with Gasteiger partial charge in [0.25, 0.3) is 0 Å². The molecule has 0 aliphatic rings. The van der Waals surface area contributed by atoms with Crippen molar-refractivity contribution in [3.63, 3.8) is 0 Å². The molecule has 0 bridgehead atoms. The van der Waals surface area contributed by atoms with Crippen molar-refractivity contribution in [1.82, 2.24) is 5.32 Å². The van der Waals surface area contributed by atoms with Crippen molar-refractivity contribution in [2.75, 3.05) is 6.52 Å². The third kappa shape index (κ3) is 6.05. The van der Waals surface area contributed by atoms with E-state index >= 15 is 0 Å². The molecule has 0 saturated heterocycles. The molecule has 0 fully saturated rings. The number of rotatable bonds is 6. The highest BCUT2D eigenvalue weighted by Gasteiger charge is 2.09. The van der Waals surface area contributed by atoms with E-state index < -0.39 is 37.5 Å². The lowest BCUT2D eigenvalue weighted by Crippen LogP contribution is -2.45. The van der Waals surface area contributed by atoms with Crippen LogP contribution in [0.25, 0.3) is 0 Å². The number of carbonyl (C=O) groups is 1. The average molecular weight is 183 g/mol. The molecule has 0 amide bonds. The van der Waals surface area contributed by atoms with Gasteiger partial charge in [-0.15, -0.1) is 0 Å². The second-order valence-electron chi connectivity index (χ2n) is 1.82. The summed E-state index contributed by atoms with van der Waals surface area (Å²) in [6.07, 6.45) is -7.78. The second kappa shape index (κ2) is 5.90. The van der Waals surface area contributed by atoms with Crippen molar-refractivity contribution in [3.8, 4) is 0 Å². The second-order valence-corrected chi connectivity index (χ2v) is 1.82. The maximum atomic E-state index is 10.7. The predicted octanol–water partition coefficient (Wildman–Crippen LogP) is -2.03. The normalized spacial score (nSPS) is 28.3. The monoisotopic (exact) mass is 183 g/mol. The van der Waals surface area contributed by atoms with Crippen LogP contribution in [0.2, 0.25) is 0 Å². The van der Waals surface area contributed by atoms with Crippen LogP contribution in [0.3, 0.4) is 0 Å². The van der Waals surface area contributed by atoms with Gasteiger partial charge in [0.05, 0.1) is 1.37 Å². The molecular weight excluding hydrogens is 161 g/mol. The first kappa shape index (κ1) is 4.52. The molecule has 12 heavy (non-hydrogen) atoms. The van der Waals surface area contributed by atoms with Crippen LogP contribution in [0.5, 0.6) is 0 Å². The number of carboxylic acid groups (broad SMARTS) is 1. The van der Waals surface area contributed by atoms with E-state index in [-0.39, 0.29) is 0 Å². The molecule has 0 saturated carbocycles. The van der Waals surface area contributed by atoms with Gasteiger partial charge < -0.3 is 22.3 Å². The van der Waals surface area contributed by atoms with Crippen LogP contribution in [-0.2, 0) is 4.79 Å². The summed E-state index contributed by atoms with van der Waals surface area (Å²) >= 11 is 0. The van der Waals surface area contributed by atoms with Gasteiger partial charge in [-0.25, -0.2) is 0 Å². The van der Waals surface area contributed by atoms with E-state index in [0.717, 1.165) is 0 Å². The van der Waals surface area contributed by atoms with Crippen LogP contribution in [0, 0.1) is 0 Å². The summed E-state index contributed by atoms with van der Waals surface area (Å²) in [4.78, 5) is 10.7. The Morgan fingerprint density at radius 3 is 2.67 bits per heavy atom. The minimum Gasteiger partial charge on any atom is -0.480 e. The Morgan fingerprint density at radius 1 is 1.67 bits per heavy atom. The lowest BCUT2D eigenvalue weighted by atomic mass is 10.3. The Hall–Kier alpha value is -0.690. The maximum absolute atomic E-state index is 10.7. The molecule has 0 aromatic carbocycles. The molecule has 0 aromatic rings. The molecule has 72 valence electrons. The number of nitrogens with two attached hydrogens (primary N) is 3. The molecular formula is C6H16N4O2. The van der Waals surface area contributed by atoms with Gasteiger partial charge in [0, 0.05) is 6.85 Å². The Kier molecular flexibility index (Phi) is 2.22. The largest absolute Gasteiger partial charge is 0.480 e. The van der Waals surface area contributed by atoms with Gasteiger partial charge in [0.2, 0.25) is 0 Å². The smallest absolute Gasteiger partial charge is 0.320 e. The van der Waals surface area contributed by atoms with Crippen LogP contribution in [0.1, 0.15) is 21.0 Å². The number of aliphatic carboxylic acids is 1. The Balaban J connectivity index is 5.37. The zero-order valence-electron chi connectivity index (χ0n) is 12.2. The fourth-order valence-corrected chi connectivity index (χ4v) is 0.305. The highest BCUT2D eigenvalue weighted by molar-refractivity contribution is 5.72. The highest BCUT2D eigenvalue weighted by atomic mass is 16.4. The minimum absolute atomic E-state index is 1.30. The van der Waals surface area contributed by atoms with Crippen molar-refractivity contribution in [2.24, 2.45) is 17.2 Å². The van der Waals surface area contributed by atoms with Crippen LogP contribution < -0.4 is 22.5 Å². The molecule has 0 radical (unpaired) electrons. The Labute approximate surface area is 79.5 Å². The minimum atomic E-state index is -3.36. The zero-order valence-corrected chi connectivity index (χ0v) is 6.24. The summed E-state index contributed by atoms with van der Waals surface area (Å²) in [6, 6.07) is -3.27. The zero-order chi connectivity index (χ0) is 14.9. The molecule has 2 unspecified atom stereocenters. The Morgan fingerprint density at radius 2 is 2.25 bits per heavy atom. The molecule has 0 aromatic heterocycles. The van der Waals surface area contributed by atoms with Crippen LogP contribution in [0.4, 0.5) is 0 Å². The van der Waals surface area contributed by atoms with Gasteiger partial charge in [-0.2, -0.15) is 0 Å². The van der Waals surface area contributed by atoms with E-state index in [1.165, 1.54) is 0 Å². The van der Waals surface area contributed by atoms with Crippen molar-refractivity contribution in [3.05, 3.63) is 0 Å². The molecule has 6 heteroatoms. The topological polar surface area (TPSA) is 127 Å². The number of carboxylic acids is 1. The lowest BCUT2D eigenvalue weighted by Gasteiger charge is -2.09. The molecule has 0 spiro atoms. The van der Waals surface area contributed by atoms with Crippen molar-refractivity contribution in [2.45, 2.75) is 25.1 Å². The van der Waals surface area contributed by atoms with Crippen LogP contribution >= 0.6 is 0 Å². The third-order valence-electron chi connectivity index (χ3n) is 0.785. The van der Waals surface area contributed by atoms with Gasteiger partial charge in [0.15, 0.2) is 0 Å². The van der Waals surface area contributed by atoms with Gasteiger partial charge >= 0.3 is 5.97 Å². The fraction of sp³-hybridized carbons (Fsp3) is 0.833. The quantitative estimate of drug-likeness (QED) is 0.239. The Bertz CT molecular complexity index is 323. The summed E-state index contributed by atoms with van der Waals surface area (Å²) in [5, 5.41) is 10.6. The van der Waals surface area contributed by atoms with E-state index in [2.05, 4.69) is 0 Å². The van der Waals surface area contributed by atoms with Crippen LogP contribution in [0.15, 0.2) is 0 Å². The van der Waals surface area contributed by atoms with E-state index in [4.69, 9.17) is 30.5 Å². The number of nitrogens with one attached hydrogen (secondary N) is 1. The van der Waals surface area contributed by atoms with Gasteiger partial charge in [-0.3, -0.25) is 10.1 Å². The molecule has 0 aliphatic carbocycles. The molecule has 6 nitrogen and oxygen atoms in total. The number of hydrogen-bond donors (Lipinski definition) is 5. The van der Waals surface area contributed by atoms with E-state index in [1.54, 1.807) is 0 Å². The standard InChI is InChI=1S/C6H16N4O2/c7-4(5(11)12)2-1-3-10-6(8)9/h4,6,10H,1-3,7-9H2,(H,11,12)/i1D2,2D2,3D,4+1D. The summed E-state index contributed by atoms with van der Waals surface area (Å²) in [6.45, 7) is -2.00. The van der Waals surface area contributed by atoms with Gasteiger partial charge in [0.1, 0.15) is 12.3 Å². The van der Waals surface area contributed by atoms with E-state index in [1.807, 2.05) is 5.32 Å². The highest BCUT2D eigenvalue weighted by Crippen LogP contribution is 1.92. The van der Waals surface area contributed by atoms with Crippen molar-refractivity contribution in [1.29, 1.82) is 0 Å². The first-order valence-electron chi connectivity index (χ1n) is 6.08. The fourth-order valence-electron chi connectivity index (χ4n) is 0.305. The van der Waals surface area contributed by atoms with Crippen LogP contribution in [-0.4, -0.2) is 29.9 Å². The van der Waals surface area contributed by atoms with Gasteiger partial charge in [-0.1, -0.05) is 0 Å². The van der Waals surface area contributed by atoms with Gasteiger partial charge in [-0.05, 0) is 19.3 Å². The molecule has 0 aliphatic heterocycles. The molecule has 0 rings (SSSR count). The van der Waals surface area contributed by atoms with E-state index in [0.29, 0.717) is 0 Å². The third-order valence-corrected chi connectivity index (χ3v) is 0.785. The first-order valence-corrected chi connectivity index (χ1v) is 3.00. The van der Waals surface area contributed by atoms with Crippen molar-refractivity contribution >= 4 is 5.97 Å².